The van der Waals surface area contributed by atoms with Gasteiger partial charge in [-0.2, -0.15) is 10.5 Å². The van der Waals surface area contributed by atoms with Crippen molar-refractivity contribution in [1.82, 2.24) is 9.13 Å². The molecule has 1 aliphatic rings. The van der Waals surface area contributed by atoms with E-state index in [4.69, 9.17) is 0 Å². The van der Waals surface area contributed by atoms with Gasteiger partial charge >= 0.3 is 0 Å². The molecule has 0 saturated heterocycles. The zero-order chi connectivity index (χ0) is 46.4. The summed E-state index contributed by atoms with van der Waals surface area (Å²) in [7, 11) is 0. The molecule has 0 radical (unpaired) electrons. The minimum Gasteiger partial charge on any atom is -0.313 e. The third-order valence-electron chi connectivity index (χ3n) is 13.5. The number of nitrogens with zero attached hydrogens (tertiary/aromatic N) is 6. The summed E-state index contributed by atoms with van der Waals surface area (Å²) in [5, 5.41) is 22.9. The summed E-state index contributed by atoms with van der Waals surface area (Å²) in [6, 6.07) is 80.9. The van der Waals surface area contributed by atoms with Gasteiger partial charge in [-0.05, 0) is 163 Å². The van der Waals surface area contributed by atoms with Crippen LogP contribution in [0.25, 0.3) is 61.3 Å². The molecule has 9 aromatic carbocycles. The Balaban J connectivity index is 0.915. The molecule has 0 aliphatic heterocycles. The van der Waals surface area contributed by atoms with E-state index in [0.717, 1.165) is 73.8 Å². The van der Waals surface area contributed by atoms with Crippen LogP contribution in [0.2, 0.25) is 0 Å². The van der Waals surface area contributed by atoms with Gasteiger partial charge in [0.2, 0.25) is 0 Å². The van der Waals surface area contributed by atoms with Crippen molar-refractivity contribution in [3.63, 3.8) is 0 Å². The Morgan fingerprint density at radius 1 is 0.420 bits per heavy atom. The van der Waals surface area contributed by atoms with Crippen molar-refractivity contribution < 1.29 is 0 Å². The molecule has 1 aliphatic carbocycles. The van der Waals surface area contributed by atoms with Gasteiger partial charge in [-0.3, -0.25) is 0 Å². The molecule has 0 saturated carbocycles. The van der Waals surface area contributed by atoms with Crippen LogP contribution in [0, 0.1) is 28.6 Å². The highest BCUT2D eigenvalue weighted by molar-refractivity contribution is 6.10. The number of hydrogen-bond acceptors (Lipinski definition) is 4. The van der Waals surface area contributed by atoms with Crippen LogP contribution >= 0.6 is 0 Å². The van der Waals surface area contributed by atoms with E-state index in [9.17, 15) is 10.5 Å². The number of para-hydroxylation sites is 3. The molecule has 2 aromatic heterocycles. The molecule has 0 bridgehead atoms. The van der Waals surface area contributed by atoms with Gasteiger partial charge < -0.3 is 18.9 Å². The summed E-state index contributed by atoms with van der Waals surface area (Å²) < 4.78 is 4.76. The summed E-state index contributed by atoms with van der Waals surface area (Å²) in [5.74, 6) is 0.450. The van der Waals surface area contributed by atoms with E-state index >= 15 is 0 Å². The van der Waals surface area contributed by atoms with Gasteiger partial charge in [0, 0.05) is 72.9 Å². The Morgan fingerprint density at radius 2 is 0.841 bits per heavy atom. The highest BCUT2D eigenvalue weighted by atomic mass is 15.1. The summed E-state index contributed by atoms with van der Waals surface area (Å²) in [6.45, 7) is 2.28. The molecule has 0 N–H and O–H groups in total. The second kappa shape index (κ2) is 17.1. The van der Waals surface area contributed by atoms with Crippen LogP contribution in [0.1, 0.15) is 29.3 Å². The fourth-order valence-corrected chi connectivity index (χ4v) is 10.2. The molecule has 326 valence electrons. The van der Waals surface area contributed by atoms with Crippen LogP contribution in [0.15, 0.2) is 224 Å². The van der Waals surface area contributed by atoms with Gasteiger partial charge in [0.05, 0.1) is 39.8 Å². The van der Waals surface area contributed by atoms with Gasteiger partial charge in [-0.25, -0.2) is 0 Å². The van der Waals surface area contributed by atoms with E-state index in [0.29, 0.717) is 17.0 Å². The highest BCUT2D eigenvalue weighted by Crippen LogP contribution is 2.43. The minimum absolute atomic E-state index is 0.450. The topological polar surface area (TPSA) is 63.9 Å². The molecule has 1 atom stereocenters. The lowest BCUT2D eigenvalue weighted by Crippen LogP contribution is -2.10. The quantitative estimate of drug-likeness (QED) is 0.145. The molecule has 0 spiro atoms. The molecule has 12 rings (SSSR count). The maximum atomic E-state index is 9.69. The summed E-state index contributed by atoms with van der Waals surface area (Å²) in [6.07, 6.45) is 5.59. The fourth-order valence-electron chi connectivity index (χ4n) is 10.2. The van der Waals surface area contributed by atoms with E-state index < -0.39 is 0 Å². The Kier molecular flexibility index (Phi) is 10.2. The van der Waals surface area contributed by atoms with Gasteiger partial charge in [0.1, 0.15) is 0 Å². The first-order chi connectivity index (χ1) is 34.0. The first-order valence-electron chi connectivity index (χ1n) is 23.3. The summed E-state index contributed by atoms with van der Waals surface area (Å²) in [4.78, 5) is 4.54. The largest absolute Gasteiger partial charge is 0.313 e. The van der Waals surface area contributed by atoms with Crippen LogP contribution in [-0.2, 0) is 6.42 Å². The molecule has 6 heteroatoms. The molecule has 0 fully saturated rings. The Labute approximate surface area is 401 Å². The average Bonchev–Trinajstić information content (AvgIpc) is 3.92. The second-order valence-corrected chi connectivity index (χ2v) is 17.7. The van der Waals surface area contributed by atoms with Crippen molar-refractivity contribution in [2.75, 3.05) is 9.80 Å². The first kappa shape index (κ1) is 41.1. The summed E-state index contributed by atoms with van der Waals surface area (Å²) >= 11 is 0. The van der Waals surface area contributed by atoms with E-state index in [1.54, 1.807) is 0 Å². The predicted molar refractivity (Wildman–Crippen MR) is 284 cm³/mol. The third-order valence-corrected chi connectivity index (χ3v) is 13.5. The van der Waals surface area contributed by atoms with Gasteiger partial charge in [-0.15, -0.1) is 0 Å². The highest BCUT2D eigenvalue weighted by Gasteiger charge is 2.24. The normalized spacial score (nSPS) is 13.0. The standard InChI is InChI=1S/C63H44N6/c1-43-16-35-57-59-40-55(34-37-62(59)69(63(57)38-43)49-12-6-3-7-13-49)67(51-27-19-45(42-65)20-28-51)53-31-23-47(24-32-53)46-21-29-52(30-22-46)66(50-25-17-44(41-64)18-26-50)54-33-36-61-58(39-54)56-14-8-9-15-60(56)68(61)48-10-4-2-5-11-48/h2-37,39-40,43H,38H2,1H3. The van der Waals surface area contributed by atoms with Crippen LogP contribution < -0.4 is 9.80 Å². The van der Waals surface area contributed by atoms with Crippen LogP contribution in [0.5, 0.6) is 0 Å². The lowest BCUT2D eigenvalue weighted by molar-refractivity contribution is 0.690. The summed E-state index contributed by atoms with van der Waals surface area (Å²) in [5.41, 5.74) is 17.8. The van der Waals surface area contributed by atoms with E-state index in [1.807, 2.05) is 48.5 Å². The predicted octanol–water partition coefficient (Wildman–Crippen LogP) is 16.3. The Bertz CT molecular complexity index is 3810. The molecular formula is C63H44N6. The Morgan fingerprint density at radius 3 is 1.36 bits per heavy atom. The van der Waals surface area contributed by atoms with E-state index in [-0.39, 0.29) is 0 Å². The Hall–Kier alpha value is -9.36. The number of aromatic nitrogens is 2. The number of hydrogen-bond donors (Lipinski definition) is 0. The third kappa shape index (κ3) is 7.29. The SMILES string of the molecule is CC1C=Cc2c(n(-c3ccccc3)c3ccc(N(c4ccc(C#N)cc4)c4ccc(-c5ccc(N(c6ccc(C#N)cc6)c6ccc7c(c6)c6ccccc6n7-c6ccccc6)cc5)cc4)cc23)C1. The minimum atomic E-state index is 0.450. The molecular weight excluding hydrogens is 841 g/mol. The molecule has 1 unspecified atom stereocenters. The van der Waals surface area contributed by atoms with Crippen LogP contribution in [0.4, 0.5) is 34.1 Å². The van der Waals surface area contributed by atoms with Crippen LogP contribution in [0.3, 0.4) is 0 Å². The van der Waals surface area contributed by atoms with E-state index in [1.165, 1.54) is 33.2 Å². The van der Waals surface area contributed by atoms with Crippen molar-refractivity contribution in [2.24, 2.45) is 5.92 Å². The first-order valence-corrected chi connectivity index (χ1v) is 23.3. The lowest BCUT2D eigenvalue weighted by atomic mass is 9.94. The number of fused-ring (bicyclic) bond motifs is 6. The van der Waals surface area contributed by atoms with Crippen LogP contribution in [-0.4, -0.2) is 9.13 Å². The average molecular weight is 885 g/mol. The maximum absolute atomic E-state index is 9.69. The zero-order valence-corrected chi connectivity index (χ0v) is 37.9. The van der Waals surface area contributed by atoms with Crippen molar-refractivity contribution >= 4 is 72.9 Å². The van der Waals surface area contributed by atoms with Crippen molar-refractivity contribution in [3.8, 4) is 34.6 Å². The number of allylic oxidation sites excluding steroid dienone is 1. The molecule has 11 aromatic rings. The maximum Gasteiger partial charge on any atom is 0.0991 e. The lowest BCUT2D eigenvalue weighted by Gasteiger charge is -2.26. The van der Waals surface area contributed by atoms with Gasteiger partial charge in [-0.1, -0.05) is 97.9 Å². The second-order valence-electron chi connectivity index (χ2n) is 17.7. The molecule has 6 nitrogen and oxygen atoms in total. The molecule has 2 heterocycles. The molecule has 69 heavy (non-hydrogen) atoms. The number of anilines is 6. The monoisotopic (exact) mass is 884 g/mol. The number of rotatable bonds is 9. The fraction of sp³-hybridized carbons (Fsp3) is 0.0476. The van der Waals surface area contributed by atoms with Gasteiger partial charge in [0.15, 0.2) is 0 Å². The smallest absolute Gasteiger partial charge is 0.0991 e. The van der Waals surface area contributed by atoms with Crippen molar-refractivity contribution in [2.45, 2.75) is 13.3 Å². The molecule has 0 amide bonds. The number of benzene rings is 9. The van der Waals surface area contributed by atoms with Crippen molar-refractivity contribution in [3.05, 3.63) is 247 Å². The van der Waals surface area contributed by atoms with Crippen molar-refractivity contribution in [1.29, 1.82) is 10.5 Å². The van der Waals surface area contributed by atoms with Gasteiger partial charge in [0.25, 0.3) is 0 Å². The van der Waals surface area contributed by atoms with E-state index in [2.05, 4.69) is 220 Å². The zero-order valence-electron chi connectivity index (χ0n) is 37.9. The number of nitriles is 2.